The van der Waals surface area contributed by atoms with Crippen LogP contribution in [0.1, 0.15) is 70.8 Å². The van der Waals surface area contributed by atoms with E-state index in [4.69, 9.17) is 4.98 Å². The van der Waals surface area contributed by atoms with Crippen molar-refractivity contribution >= 4 is 5.69 Å². The molecule has 0 saturated carbocycles. The molecule has 0 aliphatic carbocycles. The lowest BCUT2D eigenvalue weighted by Gasteiger charge is -2.47. The summed E-state index contributed by atoms with van der Waals surface area (Å²) in [6, 6.07) is 2.66. The van der Waals surface area contributed by atoms with Gasteiger partial charge in [0.05, 0.1) is 11.4 Å². The third kappa shape index (κ3) is 6.63. The summed E-state index contributed by atoms with van der Waals surface area (Å²) in [6.45, 7) is 19.0. The summed E-state index contributed by atoms with van der Waals surface area (Å²) in [7, 11) is 0. The van der Waals surface area contributed by atoms with Crippen molar-refractivity contribution in [3.05, 3.63) is 59.2 Å². The highest BCUT2D eigenvalue weighted by Gasteiger charge is 2.52. The minimum atomic E-state index is -1.56. The molecule has 4 heterocycles. The van der Waals surface area contributed by atoms with Crippen LogP contribution in [0.2, 0.25) is 0 Å². The van der Waals surface area contributed by atoms with Crippen molar-refractivity contribution in [2.75, 3.05) is 50.7 Å². The van der Waals surface area contributed by atoms with Crippen LogP contribution in [0.15, 0.2) is 42.3 Å². The molecule has 2 saturated heterocycles. The maximum Gasteiger partial charge on any atom is 0.200 e. The molecule has 0 amide bonds. The fourth-order valence-electron chi connectivity index (χ4n) is 6.55. The van der Waals surface area contributed by atoms with E-state index in [1.165, 1.54) is 25.3 Å². The minimum Gasteiger partial charge on any atom is -0.336 e. The van der Waals surface area contributed by atoms with Crippen molar-refractivity contribution in [1.82, 2.24) is 20.5 Å². The highest BCUT2D eigenvalue weighted by Crippen LogP contribution is 2.46. The van der Waals surface area contributed by atoms with Crippen LogP contribution in [0.4, 0.5) is 14.5 Å². The van der Waals surface area contributed by atoms with Crippen molar-refractivity contribution in [3.8, 4) is 0 Å². The van der Waals surface area contributed by atoms with Crippen molar-refractivity contribution in [1.29, 1.82) is 0 Å². The maximum atomic E-state index is 17.8. The molecule has 1 aromatic rings. The summed E-state index contributed by atoms with van der Waals surface area (Å²) in [5.74, 6) is -2.22. The topological polar surface area (TPSA) is 43.4 Å². The van der Waals surface area contributed by atoms with Gasteiger partial charge in [0.1, 0.15) is 5.83 Å². The van der Waals surface area contributed by atoms with E-state index in [-0.39, 0.29) is 11.3 Å². The molecule has 0 spiro atoms. The van der Waals surface area contributed by atoms with Crippen LogP contribution < -0.4 is 15.5 Å². The molecular formula is C32H49F2N5. The second-order valence-corrected chi connectivity index (χ2v) is 12.3. The molecule has 0 radical (unpaired) electrons. The molecule has 7 heteroatoms. The van der Waals surface area contributed by atoms with Crippen LogP contribution >= 0.6 is 0 Å². The molecule has 0 aromatic carbocycles. The van der Waals surface area contributed by atoms with E-state index in [2.05, 4.69) is 55.9 Å². The first kappa shape index (κ1) is 29.9. The Balaban J connectivity index is 1.74. The monoisotopic (exact) mass is 541 g/mol. The molecule has 3 atom stereocenters. The fourth-order valence-corrected chi connectivity index (χ4v) is 6.55. The number of halogens is 2. The van der Waals surface area contributed by atoms with Gasteiger partial charge in [-0.3, -0.25) is 4.98 Å². The zero-order chi connectivity index (χ0) is 28.2. The summed E-state index contributed by atoms with van der Waals surface area (Å²) in [5, 5.41) is 6.94. The van der Waals surface area contributed by atoms with E-state index in [0.29, 0.717) is 32.1 Å². The zero-order valence-corrected chi connectivity index (χ0v) is 24.8. The van der Waals surface area contributed by atoms with Crippen LogP contribution in [-0.4, -0.2) is 67.5 Å². The van der Waals surface area contributed by atoms with E-state index >= 15 is 4.39 Å². The Bertz CT molecular complexity index is 1080. The van der Waals surface area contributed by atoms with Crippen LogP contribution in [0, 0.1) is 5.92 Å². The van der Waals surface area contributed by atoms with Crippen molar-refractivity contribution < 1.29 is 8.78 Å². The number of aryl methyl sites for hydroxylation is 1. The molecule has 2 fully saturated rings. The van der Waals surface area contributed by atoms with Gasteiger partial charge in [0, 0.05) is 62.3 Å². The second-order valence-electron chi connectivity index (χ2n) is 12.3. The molecule has 3 aliphatic rings. The Morgan fingerprint density at radius 1 is 1.23 bits per heavy atom. The number of aromatic nitrogens is 1. The van der Waals surface area contributed by atoms with E-state index < -0.39 is 11.6 Å². The van der Waals surface area contributed by atoms with Crippen LogP contribution in [0.25, 0.3) is 0 Å². The van der Waals surface area contributed by atoms with Gasteiger partial charge in [0.2, 0.25) is 5.79 Å². The normalized spacial score (nSPS) is 28.4. The minimum absolute atomic E-state index is 0.188. The van der Waals surface area contributed by atoms with Gasteiger partial charge in [-0.15, -0.1) is 0 Å². The third-order valence-electron chi connectivity index (χ3n) is 8.95. The largest absolute Gasteiger partial charge is 0.336 e. The van der Waals surface area contributed by atoms with Gasteiger partial charge in [-0.2, -0.15) is 0 Å². The van der Waals surface area contributed by atoms with Crippen LogP contribution in [0.5, 0.6) is 0 Å². The van der Waals surface area contributed by atoms with Crippen molar-refractivity contribution in [3.63, 3.8) is 0 Å². The first-order chi connectivity index (χ1) is 18.6. The van der Waals surface area contributed by atoms with Crippen molar-refractivity contribution in [2.24, 2.45) is 5.92 Å². The van der Waals surface area contributed by atoms with Crippen LogP contribution in [0.3, 0.4) is 0 Å². The highest BCUT2D eigenvalue weighted by atomic mass is 19.1. The SMILES string of the molecule is C=C(F)/C=C\C(=C/C)Cc1cc2c(nc1CC)C(C)(C)CN2C1(F)CNCCNCC1CN1CCCCC1C. The number of fused-ring (bicyclic) bond motifs is 1. The van der Waals surface area contributed by atoms with E-state index in [9.17, 15) is 4.39 Å². The standard InChI is InChI=1S/C32H49F2N5/c1-7-25(13-12-23(3)33)17-26-18-29-30(37-28(26)8-2)31(5,6)22-39(29)32(34)21-36-15-14-35-19-27(32)20-38-16-10-9-11-24(38)4/h7,12-13,18,24,27,35-36H,3,8-11,14-17,19-22H2,1-2,4-6H3/b13-12-,25-7+. The van der Waals surface area contributed by atoms with Crippen molar-refractivity contribution in [2.45, 2.75) is 84.0 Å². The number of rotatable bonds is 8. The number of likely N-dealkylation sites (tertiary alicyclic amines) is 1. The molecule has 3 unspecified atom stereocenters. The number of pyridine rings is 1. The molecule has 216 valence electrons. The summed E-state index contributed by atoms with van der Waals surface area (Å²) in [5.41, 5.74) is 4.70. The average molecular weight is 542 g/mol. The predicted octanol–water partition coefficient (Wildman–Crippen LogP) is 5.62. The first-order valence-corrected chi connectivity index (χ1v) is 14.9. The molecule has 39 heavy (non-hydrogen) atoms. The van der Waals surface area contributed by atoms with Gasteiger partial charge >= 0.3 is 0 Å². The van der Waals surface area contributed by atoms with E-state index in [1.807, 2.05) is 17.9 Å². The maximum absolute atomic E-state index is 17.8. The number of hydrogen-bond donors (Lipinski definition) is 2. The lowest BCUT2D eigenvalue weighted by Crippen LogP contribution is -2.63. The third-order valence-corrected chi connectivity index (χ3v) is 8.95. The molecule has 3 aliphatic heterocycles. The Kier molecular flexibility index (Phi) is 9.66. The number of nitrogens with one attached hydrogen (secondary N) is 2. The van der Waals surface area contributed by atoms with E-state index in [0.717, 1.165) is 60.8 Å². The molecule has 5 nitrogen and oxygen atoms in total. The number of nitrogens with zero attached hydrogens (tertiary/aromatic N) is 3. The summed E-state index contributed by atoms with van der Waals surface area (Å²) < 4.78 is 31.2. The van der Waals surface area contributed by atoms with Gasteiger partial charge in [-0.1, -0.05) is 45.9 Å². The van der Waals surface area contributed by atoms with Gasteiger partial charge in [0.25, 0.3) is 0 Å². The van der Waals surface area contributed by atoms with E-state index in [1.54, 1.807) is 6.08 Å². The lowest BCUT2D eigenvalue weighted by molar-refractivity contribution is 0.0267. The van der Waals surface area contributed by atoms with Gasteiger partial charge < -0.3 is 20.4 Å². The number of hydrogen-bond acceptors (Lipinski definition) is 5. The van der Waals surface area contributed by atoms with Gasteiger partial charge in [-0.25, -0.2) is 8.78 Å². The highest BCUT2D eigenvalue weighted by molar-refractivity contribution is 5.63. The van der Waals surface area contributed by atoms with Crippen LogP contribution in [-0.2, 0) is 18.3 Å². The Morgan fingerprint density at radius 3 is 2.69 bits per heavy atom. The summed E-state index contributed by atoms with van der Waals surface area (Å²) in [4.78, 5) is 9.72. The predicted molar refractivity (Wildman–Crippen MR) is 159 cm³/mol. The number of allylic oxidation sites excluding steroid dienone is 5. The molecule has 4 rings (SSSR count). The Morgan fingerprint density at radius 2 is 2.00 bits per heavy atom. The zero-order valence-electron chi connectivity index (χ0n) is 24.8. The summed E-state index contributed by atoms with van der Waals surface area (Å²) in [6.07, 6.45) is 10.2. The van der Waals surface area contributed by atoms with Gasteiger partial charge in [-0.05, 0) is 69.4 Å². The Labute approximate surface area is 234 Å². The smallest absolute Gasteiger partial charge is 0.200 e. The molecular weight excluding hydrogens is 492 g/mol. The Hall–Kier alpha value is -2.09. The molecule has 0 bridgehead atoms. The fraction of sp³-hybridized carbons (Fsp3) is 0.656. The lowest BCUT2D eigenvalue weighted by atomic mass is 9.89. The molecule has 2 N–H and O–H groups in total. The average Bonchev–Trinajstić information content (AvgIpc) is 3.16. The first-order valence-electron chi connectivity index (χ1n) is 14.9. The number of anilines is 1. The second kappa shape index (κ2) is 12.6. The number of piperidine rings is 1. The van der Waals surface area contributed by atoms with Gasteiger partial charge in [0.15, 0.2) is 0 Å². The summed E-state index contributed by atoms with van der Waals surface area (Å²) >= 11 is 0. The quantitative estimate of drug-likeness (QED) is 0.330. The number of alkyl halides is 1. The molecule has 1 aromatic heterocycles.